The van der Waals surface area contributed by atoms with Crippen LogP contribution in [0.3, 0.4) is 0 Å². The quantitative estimate of drug-likeness (QED) is 0.256. The van der Waals surface area contributed by atoms with Gasteiger partial charge in [0.2, 0.25) is 0 Å². The molecule has 2 aromatic carbocycles. The van der Waals surface area contributed by atoms with Gasteiger partial charge in [-0.2, -0.15) is 0 Å². The van der Waals surface area contributed by atoms with Crippen LogP contribution in [0, 0.1) is 12.8 Å². The summed E-state index contributed by atoms with van der Waals surface area (Å²) in [5, 5.41) is 0. The molecular weight excluding hydrogens is 436 g/mol. The third kappa shape index (κ3) is 4.29. The van der Waals surface area contributed by atoms with Gasteiger partial charge in [0.05, 0.1) is 18.5 Å². The highest BCUT2D eigenvalue weighted by Crippen LogP contribution is 2.42. The van der Waals surface area contributed by atoms with Gasteiger partial charge in [0, 0.05) is 18.8 Å². The van der Waals surface area contributed by atoms with Crippen LogP contribution in [0.25, 0.3) is 11.1 Å². The number of benzene rings is 2. The first-order chi connectivity index (χ1) is 17.1. The summed E-state index contributed by atoms with van der Waals surface area (Å²) in [5.41, 5.74) is 3.62. The largest absolute Gasteiger partial charge is 0.455 e. The number of esters is 1. The molecule has 5 heteroatoms. The van der Waals surface area contributed by atoms with Gasteiger partial charge in [-0.05, 0) is 43.0 Å². The Hall–Kier alpha value is -2.66. The van der Waals surface area contributed by atoms with Crippen LogP contribution in [0.4, 0.5) is 0 Å². The molecule has 0 N–H and O–H groups in total. The van der Waals surface area contributed by atoms with Gasteiger partial charge in [0.1, 0.15) is 12.1 Å². The molecule has 4 fully saturated rings. The molecule has 4 aliphatic rings. The molecular formula is C30H37N2O3+. The Morgan fingerprint density at radius 3 is 2.54 bits per heavy atom. The van der Waals surface area contributed by atoms with E-state index >= 15 is 0 Å². The summed E-state index contributed by atoms with van der Waals surface area (Å²) in [6.45, 7) is 5.95. The monoisotopic (exact) mass is 473 g/mol. The zero-order valence-corrected chi connectivity index (χ0v) is 20.9. The lowest BCUT2D eigenvalue weighted by Crippen LogP contribution is -2.64. The van der Waals surface area contributed by atoms with Gasteiger partial charge < -0.3 is 13.6 Å². The van der Waals surface area contributed by atoms with E-state index < -0.39 is 5.41 Å². The number of hydrogen-bond acceptors (Lipinski definition) is 4. The second-order valence-electron chi connectivity index (χ2n) is 11.4. The van der Waals surface area contributed by atoms with Crippen LogP contribution in [0.2, 0.25) is 0 Å². The number of hydrogen-bond donors (Lipinski definition) is 0. The minimum absolute atomic E-state index is 0.0135. The maximum atomic E-state index is 14.0. The molecule has 2 bridgehead atoms. The van der Waals surface area contributed by atoms with E-state index in [1.54, 1.807) is 0 Å². The highest BCUT2D eigenvalue weighted by Gasteiger charge is 2.50. The van der Waals surface area contributed by atoms with Crippen molar-refractivity contribution in [3.05, 3.63) is 65.5 Å². The smallest absolute Gasteiger partial charge is 0.317 e. The number of fused-ring (bicyclic) bond motifs is 4. The zero-order valence-electron chi connectivity index (χ0n) is 20.9. The molecule has 5 nitrogen and oxygen atoms in total. The van der Waals surface area contributed by atoms with E-state index in [4.69, 9.17) is 14.1 Å². The van der Waals surface area contributed by atoms with Crippen LogP contribution in [0.15, 0.2) is 52.9 Å². The zero-order chi connectivity index (χ0) is 23.9. The van der Waals surface area contributed by atoms with Crippen molar-refractivity contribution in [2.45, 2.75) is 76.4 Å². The fraction of sp³-hybridized carbons (Fsp3) is 0.533. The molecule has 0 radical (unpaired) electrons. The summed E-state index contributed by atoms with van der Waals surface area (Å²) in [6, 6.07) is 16.6. The van der Waals surface area contributed by atoms with Crippen molar-refractivity contribution in [3.8, 4) is 0 Å². The van der Waals surface area contributed by atoms with Crippen LogP contribution < -0.4 is 0 Å². The Morgan fingerprint density at radius 1 is 1.06 bits per heavy atom. The average molecular weight is 474 g/mol. The van der Waals surface area contributed by atoms with Crippen molar-refractivity contribution in [2.24, 2.45) is 5.92 Å². The molecule has 1 unspecified atom stereocenters. The number of ether oxygens (including phenoxy) is 1. The summed E-state index contributed by atoms with van der Waals surface area (Å²) >= 11 is 0. The van der Waals surface area contributed by atoms with Crippen molar-refractivity contribution in [1.29, 1.82) is 0 Å². The minimum Gasteiger partial charge on any atom is -0.455 e. The molecule has 1 atom stereocenters. The Labute approximate surface area is 208 Å². The molecule has 1 aliphatic carbocycles. The van der Waals surface area contributed by atoms with Crippen molar-refractivity contribution in [2.75, 3.05) is 19.6 Å². The molecule has 184 valence electrons. The van der Waals surface area contributed by atoms with Crippen molar-refractivity contribution >= 4 is 17.1 Å². The van der Waals surface area contributed by atoms with Crippen LogP contribution in [-0.4, -0.2) is 41.2 Å². The molecule has 3 aliphatic heterocycles. The number of piperidine rings is 3. The van der Waals surface area contributed by atoms with E-state index in [1.165, 1.54) is 18.4 Å². The normalized spacial score (nSPS) is 28.0. The molecule has 1 saturated carbocycles. The van der Waals surface area contributed by atoms with E-state index in [0.29, 0.717) is 5.92 Å². The summed E-state index contributed by atoms with van der Waals surface area (Å²) in [4.78, 5) is 18.8. The number of rotatable bonds is 5. The topological polar surface area (TPSA) is 52.3 Å². The Balaban J connectivity index is 1.22. The van der Waals surface area contributed by atoms with Crippen molar-refractivity contribution < 1.29 is 18.4 Å². The van der Waals surface area contributed by atoms with Crippen LogP contribution in [0.1, 0.15) is 68.4 Å². The first-order valence-electron chi connectivity index (χ1n) is 13.5. The van der Waals surface area contributed by atoms with E-state index in [0.717, 1.165) is 91.7 Å². The molecule has 4 heterocycles. The molecule has 0 amide bonds. The highest BCUT2D eigenvalue weighted by atomic mass is 16.5. The third-order valence-electron chi connectivity index (χ3n) is 9.03. The van der Waals surface area contributed by atoms with Crippen LogP contribution in [0.5, 0.6) is 0 Å². The average Bonchev–Trinajstić information content (AvgIpc) is 3.09. The minimum atomic E-state index is -0.493. The predicted molar refractivity (Wildman–Crippen MR) is 136 cm³/mol. The lowest BCUT2D eigenvalue weighted by atomic mass is 9.74. The van der Waals surface area contributed by atoms with Gasteiger partial charge >= 0.3 is 5.97 Å². The summed E-state index contributed by atoms with van der Waals surface area (Å²) in [5.74, 6) is 1.30. The maximum absolute atomic E-state index is 14.0. The van der Waals surface area contributed by atoms with E-state index in [-0.39, 0.29) is 12.1 Å². The van der Waals surface area contributed by atoms with Gasteiger partial charge in [-0.3, -0.25) is 4.79 Å². The molecule has 3 aromatic rings. The van der Waals surface area contributed by atoms with Crippen molar-refractivity contribution in [3.63, 3.8) is 0 Å². The number of nitrogens with zero attached hydrogens (tertiary/aromatic N) is 2. The first kappa shape index (κ1) is 22.8. The Morgan fingerprint density at radius 2 is 1.80 bits per heavy atom. The maximum Gasteiger partial charge on any atom is 0.317 e. The van der Waals surface area contributed by atoms with E-state index in [2.05, 4.69) is 43.3 Å². The molecule has 3 saturated heterocycles. The number of quaternary nitrogens is 1. The summed E-state index contributed by atoms with van der Waals surface area (Å²) < 4.78 is 13.6. The SMILES string of the molecule is Cc1ccc2nc(C[N+]34CCC(CC3)C(OC(=O)C3(c5ccccc5)CCCCCC3)C4)oc2c1. The number of aromatic nitrogens is 1. The number of oxazole rings is 1. The fourth-order valence-corrected chi connectivity index (χ4v) is 6.96. The molecule has 7 rings (SSSR count). The summed E-state index contributed by atoms with van der Waals surface area (Å²) in [6.07, 6.45) is 8.59. The second-order valence-corrected chi connectivity index (χ2v) is 11.4. The summed E-state index contributed by atoms with van der Waals surface area (Å²) in [7, 11) is 0. The van der Waals surface area contributed by atoms with Crippen molar-refractivity contribution in [1.82, 2.24) is 4.98 Å². The van der Waals surface area contributed by atoms with E-state index in [9.17, 15) is 4.79 Å². The van der Waals surface area contributed by atoms with Crippen LogP contribution in [-0.2, 0) is 21.5 Å². The Kier molecular flexibility index (Phi) is 5.92. The fourth-order valence-electron chi connectivity index (χ4n) is 6.96. The first-order valence-corrected chi connectivity index (χ1v) is 13.5. The third-order valence-corrected chi connectivity index (χ3v) is 9.03. The van der Waals surface area contributed by atoms with Gasteiger partial charge in [-0.15, -0.1) is 0 Å². The van der Waals surface area contributed by atoms with Gasteiger partial charge in [0.15, 0.2) is 18.2 Å². The van der Waals surface area contributed by atoms with Crippen LogP contribution >= 0.6 is 0 Å². The number of carbonyl (C=O) groups excluding carboxylic acids is 1. The molecule has 35 heavy (non-hydrogen) atoms. The molecule has 1 aromatic heterocycles. The lowest BCUT2D eigenvalue weighted by molar-refractivity contribution is -0.959. The number of carbonyl (C=O) groups is 1. The highest BCUT2D eigenvalue weighted by molar-refractivity contribution is 5.83. The second kappa shape index (κ2) is 9.09. The van der Waals surface area contributed by atoms with E-state index in [1.807, 2.05) is 12.1 Å². The van der Waals surface area contributed by atoms with Gasteiger partial charge in [-0.1, -0.05) is 62.1 Å². The Bertz CT molecular complexity index is 1180. The predicted octanol–water partition coefficient (Wildman–Crippen LogP) is 6.08. The number of aryl methyl sites for hydroxylation is 1. The van der Waals surface area contributed by atoms with Gasteiger partial charge in [-0.25, -0.2) is 4.98 Å². The molecule has 0 spiro atoms. The lowest BCUT2D eigenvalue weighted by Gasteiger charge is -2.51. The van der Waals surface area contributed by atoms with Gasteiger partial charge in [0.25, 0.3) is 5.89 Å². The standard InChI is InChI=1S/C30H37N2O3/c1-22-11-12-25-26(19-22)34-28(31-25)21-32-17-13-23(14-18-32)27(20-32)35-29(33)30(15-7-2-3-8-16-30)24-9-5-4-6-10-24/h4-6,9-12,19,23,27H,2-3,7-8,13-18,20-21H2,1H3/q+1.